The fraction of sp³-hybridized carbons (Fsp3) is 0.192. The Hall–Kier alpha value is -2.95. The lowest BCUT2D eigenvalue weighted by Gasteiger charge is -2.39. The van der Waals surface area contributed by atoms with Crippen LogP contribution < -0.4 is 0 Å². The summed E-state index contributed by atoms with van der Waals surface area (Å²) in [5.74, 6) is -0.542. The van der Waals surface area contributed by atoms with E-state index in [-0.39, 0.29) is 11.9 Å². The molecule has 0 unspecified atom stereocenters. The standard InChI is InChI=1S/C26H24ClFN2O/c27-23-13-11-20(24(28)19-23)12-14-25(31)29-15-17-30(18-16-29)26(21-7-3-1-4-8-21)22-9-5-2-6-10-22/h1-14,19,26H,15-18H2/b14-12+. The Kier molecular flexibility index (Phi) is 6.80. The molecule has 3 nitrogen and oxygen atoms in total. The Morgan fingerprint density at radius 1 is 0.871 bits per heavy atom. The van der Waals surface area contributed by atoms with Crippen molar-refractivity contribution < 1.29 is 9.18 Å². The molecule has 1 aliphatic rings. The maximum absolute atomic E-state index is 13.9. The maximum atomic E-state index is 13.9. The lowest BCUT2D eigenvalue weighted by Crippen LogP contribution is -2.49. The summed E-state index contributed by atoms with van der Waals surface area (Å²) < 4.78 is 13.9. The minimum atomic E-state index is -0.435. The lowest BCUT2D eigenvalue weighted by molar-refractivity contribution is -0.127. The van der Waals surface area contributed by atoms with Crippen molar-refractivity contribution in [2.45, 2.75) is 6.04 Å². The molecule has 1 heterocycles. The van der Waals surface area contributed by atoms with Crippen LogP contribution in [0, 0.1) is 5.82 Å². The molecule has 0 bridgehead atoms. The van der Waals surface area contributed by atoms with Crippen LogP contribution in [-0.2, 0) is 4.79 Å². The van der Waals surface area contributed by atoms with E-state index in [1.165, 1.54) is 29.3 Å². The molecule has 1 saturated heterocycles. The molecule has 4 rings (SSSR count). The average Bonchev–Trinajstić information content (AvgIpc) is 2.80. The van der Waals surface area contributed by atoms with Crippen molar-refractivity contribution in [1.29, 1.82) is 0 Å². The van der Waals surface area contributed by atoms with Crippen LogP contribution in [0.4, 0.5) is 4.39 Å². The molecule has 3 aromatic carbocycles. The van der Waals surface area contributed by atoms with E-state index in [9.17, 15) is 9.18 Å². The summed E-state index contributed by atoms with van der Waals surface area (Å²) >= 11 is 5.79. The van der Waals surface area contributed by atoms with Gasteiger partial charge < -0.3 is 4.90 Å². The van der Waals surface area contributed by atoms with Gasteiger partial charge in [0.05, 0.1) is 6.04 Å². The number of rotatable bonds is 5. The van der Waals surface area contributed by atoms with Crippen LogP contribution >= 0.6 is 11.6 Å². The second-order valence-corrected chi connectivity index (χ2v) is 8.02. The first kappa shape index (κ1) is 21.3. The van der Waals surface area contributed by atoms with Crippen molar-refractivity contribution in [3.63, 3.8) is 0 Å². The first-order valence-electron chi connectivity index (χ1n) is 10.4. The predicted octanol–water partition coefficient (Wildman–Crippen LogP) is 5.43. The molecule has 0 N–H and O–H groups in total. The number of benzene rings is 3. The van der Waals surface area contributed by atoms with Gasteiger partial charge in [-0.3, -0.25) is 9.69 Å². The maximum Gasteiger partial charge on any atom is 0.246 e. The van der Waals surface area contributed by atoms with Gasteiger partial charge in [-0.15, -0.1) is 0 Å². The zero-order chi connectivity index (χ0) is 21.6. The Morgan fingerprint density at radius 3 is 2.00 bits per heavy atom. The summed E-state index contributed by atoms with van der Waals surface area (Å²) in [5, 5.41) is 0.337. The number of hydrogen-bond donors (Lipinski definition) is 0. The predicted molar refractivity (Wildman–Crippen MR) is 123 cm³/mol. The van der Waals surface area contributed by atoms with Gasteiger partial charge in [-0.05, 0) is 29.3 Å². The Bertz CT molecular complexity index is 1010. The van der Waals surface area contributed by atoms with Gasteiger partial charge in [-0.25, -0.2) is 4.39 Å². The van der Waals surface area contributed by atoms with Crippen molar-refractivity contribution in [3.05, 3.63) is 112 Å². The third-order valence-electron chi connectivity index (χ3n) is 5.59. The summed E-state index contributed by atoms with van der Waals surface area (Å²) in [6, 6.07) is 25.5. The molecule has 0 atom stereocenters. The highest BCUT2D eigenvalue weighted by Crippen LogP contribution is 2.29. The minimum absolute atomic E-state index is 0.107. The van der Waals surface area contributed by atoms with E-state index in [1.807, 2.05) is 17.0 Å². The fourth-order valence-corrected chi connectivity index (χ4v) is 4.15. The summed E-state index contributed by atoms with van der Waals surface area (Å²) in [6.07, 6.45) is 2.95. The zero-order valence-corrected chi connectivity index (χ0v) is 17.9. The topological polar surface area (TPSA) is 23.6 Å². The molecule has 1 fully saturated rings. The highest BCUT2D eigenvalue weighted by atomic mass is 35.5. The van der Waals surface area contributed by atoms with Crippen LogP contribution in [0.3, 0.4) is 0 Å². The molecule has 0 saturated carbocycles. The van der Waals surface area contributed by atoms with E-state index < -0.39 is 5.82 Å². The van der Waals surface area contributed by atoms with Gasteiger partial charge in [-0.2, -0.15) is 0 Å². The second-order valence-electron chi connectivity index (χ2n) is 7.58. The third-order valence-corrected chi connectivity index (χ3v) is 5.82. The van der Waals surface area contributed by atoms with Crippen LogP contribution in [0.15, 0.2) is 84.9 Å². The lowest BCUT2D eigenvalue weighted by atomic mass is 9.96. The first-order valence-corrected chi connectivity index (χ1v) is 10.8. The molecule has 5 heteroatoms. The molecular formula is C26H24ClFN2O. The molecule has 0 aromatic heterocycles. The molecule has 0 radical (unpaired) electrons. The monoisotopic (exact) mass is 434 g/mol. The van der Waals surface area contributed by atoms with E-state index in [0.29, 0.717) is 23.7 Å². The van der Waals surface area contributed by atoms with Crippen LogP contribution in [0.5, 0.6) is 0 Å². The van der Waals surface area contributed by atoms with Crippen molar-refractivity contribution in [2.75, 3.05) is 26.2 Å². The largest absolute Gasteiger partial charge is 0.337 e. The smallest absolute Gasteiger partial charge is 0.246 e. The number of piperazine rings is 1. The molecule has 3 aromatic rings. The van der Waals surface area contributed by atoms with Gasteiger partial charge >= 0.3 is 0 Å². The Balaban J connectivity index is 1.44. The SMILES string of the molecule is O=C(/C=C/c1ccc(Cl)cc1F)N1CCN(C(c2ccccc2)c2ccccc2)CC1. The van der Waals surface area contributed by atoms with E-state index in [2.05, 4.69) is 53.4 Å². The van der Waals surface area contributed by atoms with Gasteiger partial charge in [0.25, 0.3) is 0 Å². The van der Waals surface area contributed by atoms with Gasteiger partial charge in [-0.1, -0.05) is 78.3 Å². The van der Waals surface area contributed by atoms with Gasteiger partial charge in [0.2, 0.25) is 5.91 Å². The second kappa shape index (κ2) is 9.90. The number of halogens is 2. The third kappa shape index (κ3) is 5.22. The molecule has 1 aliphatic heterocycles. The van der Waals surface area contributed by atoms with Crippen molar-refractivity contribution >= 4 is 23.6 Å². The average molecular weight is 435 g/mol. The number of carbonyl (C=O) groups excluding carboxylic acids is 1. The molecule has 158 valence electrons. The van der Waals surface area contributed by atoms with Gasteiger partial charge in [0, 0.05) is 42.8 Å². The number of amides is 1. The van der Waals surface area contributed by atoms with Gasteiger partial charge in [0.15, 0.2) is 0 Å². The van der Waals surface area contributed by atoms with Crippen LogP contribution in [-0.4, -0.2) is 41.9 Å². The molecule has 31 heavy (non-hydrogen) atoms. The highest BCUT2D eigenvalue weighted by molar-refractivity contribution is 6.30. The number of hydrogen-bond acceptors (Lipinski definition) is 2. The summed E-state index contributed by atoms with van der Waals surface area (Å²) in [5.41, 5.74) is 2.84. The van der Waals surface area contributed by atoms with Crippen molar-refractivity contribution in [3.8, 4) is 0 Å². The quantitative estimate of drug-likeness (QED) is 0.500. The summed E-state index contributed by atoms with van der Waals surface area (Å²) in [4.78, 5) is 16.9. The van der Waals surface area contributed by atoms with E-state index in [1.54, 1.807) is 12.1 Å². The zero-order valence-electron chi connectivity index (χ0n) is 17.1. The normalized spacial score (nSPS) is 15.0. The Morgan fingerprint density at radius 2 is 1.45 bits per heavy atom. The highest BCUT2D eigenvalue weighted by Gasteiger charge is 2.27. The molecule has 1 amide bonds. The molecule has 0 spiro atoms. The summed E-state index contributed by atoms with van der Waals surface area (Å²) in [7, 11) is 0. The van der Waals surface area contributed by atoms with Gasteiger partial charge in [0.1, 0.15) is 5.82 Å². The van der Waals surface area contributed by atoms with Crippen LogP contribution in [0.1, 0.15) is 22.7 Å². The van der Waals surface area contributed by atoms with E-state index >= 15 is 0 Å². The minimum Gasteiger partial charge on any atom is -0.337 e. The van der Waals surface area contributed by atoms with Crippen LogP contribution in [0.2, 0.25) is 5.02 Å². The van der Waals surface area contributed by atoms with E-state index in [4.69, 9.17) is 11.6 Å². The van der Waals surface area contributed by atoms with Crippen molar-refractivity contribution in [1.82, 2.24) is 9.80 Å². The van der Waals surface area contributed by atoms with Crippen molar-refractivity contribution in [2.24, 2.45) is 0 Å². The summed E-state index contributed by atoms with van der Waals surface area (Å²) in [6.45, 7) is 2.79. The number of carbonyl (C=O) groups is 1. The molecular weight excluding hydrogens is 411 g/mol. The van der Waals surface area contributed by atoms with E-state index in [0.717, 1.165) is 13.1 Å². The number of nitrogens with zero attached hydrogens (tertiary/aromatic N) is 2. The first-order chi connectivity index (χ1) is 15.1. The van der Waals surface area contributed by atoms with Crippen LogP contribution in [0.25, 0.3) is 6.08 Å². The Labute approximate surface area is 187 Å². The molecule has 0 aliphatic carbocycles. The fourth-order valence-electron chi connectivity index (χ4n) is 3.99.